The van der Waals surface area contributed by atoms with Gasteiger partial charge < -0.3 is 4.90 Å². The maximum absolute atomic E-state index is 12.3. The fourth-order valence-corrected chi connectivity index (χ4v) is 3.86. The van der Waals surface area contributed by atoms with Gasteiger partial charge in [-0.1, -0.05) is 17.3 Å². The summed E-state index contributed by atoms with van der Waals surface area (Å²) < 4.78 is 2.28. The third-order valence-electron chi connectivity index (χ3n) is 3.61. The van der Waals surface area contributed by atoms with Gasteiger partial charge >= 0.3 is 0 Å². The highest BCUT2D eigenvalue weighted by atomic mass is 79.9. The molecule has 1 aromatic carbocycles. The molecule has 0 saturated carbocycles. The van der Waals surface area contributed by atoms with Crippen molar-refractivity contribution < 1.29 is 4.79 Å². The predicted octanol–water partition coefficient (Wildman–Crippen LogP) is 2.66. The fraction of sp³-hybridized carbons (Fsp3) is 0.250. The van der Waals surface area contributed by atoms with Crippen LogP contribution in [0.15, 0.2) is 45.0 Å². The second-order valence-corrected chi connectivity index (χ2v) is 7.89. The van der Waals surface area contributed by atoms with E-state index in [4.69, 9.17) is 0 Å². The molecule has 0 N–H and O–H groups in total. The second kappa shape index (κ2) is 7.23. The smallest absolute Gasteiger partial charge is 0.277 e. The van der Waals surface area contributed by atoms with Crippen molar-refractivity contribution in [3.63, 3.8) is 0 Å². The Morgan fingerprint density at radius 1 is 1.29 bits per heavy atom. The van der Waals surface area contributed by atoms with Crippen LogP contribution < -0.4 is 5.56 Å². The van der Waals surface area contributed by atoms with Crippen molar-refractivity contribution in [1.29, 1.82) is 0 Å². The van der Waals surface area contributed by atoms with E-state index in [1.807, 2.05) is 18.2 Å². The number of aromatic nitrogens is 3. The molecule has 0 aliphatic carbocycles. The lowest BCUT2D eigenvalue weighted by molar-refractivity contribution is -0.130. The fourth-order valence-electron chi connectivity index (χ4n) is 2.32. The Hall–Kier alpha value is -2.06. The van der Waals surface area contributed by atoms with Crippen LogP contribution in [0.5, 0.6) is 0 Å². The Morgan fingerprint density at radius 2 is 2.08 bits per heavy atom. The average Bonchev–Trinajstić information content (AvgIpc) is 2.99. The molecule has 6 nitrogen and oxygen atoms in total. The Labute approximate surface area is 150 Å². The molecule has 0 spiro atoms. The lowest BCUT2D eigenvalue weighted by atomic mass is 10.2. The molecule has 1 amide bonds. The van der Waals surface area contributed by atoms with E-state index in [-0.39, 0.29) is 24.4 Å². The van der Waals surface area contributed by atoms with E-state index in [9.17, 15) is 9.59 Å². The summed E-state index contributed by atoms with van der Waals surface area (Å²) in [5.41, 5.74) is 0.337. The van der Waals surface area contributed by atoms with Crippen LogP contribution in [0.3, 0.4) is 0 Å². The maximum Gasteiger partial charge on any atom is 0.277 e. The number of amides is 1. The number of carbonyl (C=O) groups is 1. The topological polar surface area (TPSA) is 68.1 Å². The van der Waals surface area contributed by atoms with Gasteiger partial charge in [-0.2, -0.15) is 0 Å². The predicted molar refractivity (Wildman–Crippen MR) is 96.9 cm³/mol. The van der Waals surface area contributed by atoms with Gasteiger partial charge in [-0.15, -0.1) is 16.4 Å². The van der Waals surface area contributed by atoms with Crippen LogP contribution in [0, 0.1) is 0 Å². The highest BCUT2D eigenvalue weighted by Crippen LogP contribution is 2.23. The van der Waals surface area contributed by atoms with Gasteiger partial charge in [-0.25, -0.2) is 4.68 Å². The van der Waals surface area contributed by atoms with E-state index in [0.29, 0.717) is 17.4 Å². The lowest BCUT2D eigenvalue weighted by Crippen LogP contribution is -2.30. The molecular formula is C16H15BrN4O2S. The minimum atomic E-state index is -0.224. The van der Waals surface area contributed by atoms with Crippen LogP contribution in [0.25, 0.3) is 10.9 Å². The van der Waals surface area contributed by atoms with Crippen molar-refractivity contribution in [2.75, 3.05) is 7.05 Å². The number of fused-ring (bicyclic) bond motifs is 1. The quantitative estimate of drug-likeness (QED) is 0.652. The zero-order valence-corrected chi connectivity index (χ0v) is 15.4. The van der Waals surface area contributed by atoms with E-state index in [2.05, 4.69) is 26.2 Å². The van der Waals surface area contributed by atoms with Gasteiger partial charge in [0, 0.05) is 18.3 Å². The van der Waals surface area contributed by atoms with Crippen LogP contribution in [-0.4, -0.2) is 32.8 Å². The van der Waals surface area contributed by atoms with Gasteiger partial charge in [0.15, 0.2) is 0 Å². The first-order chi connectivity index (χ1) is 11.5. The highest BCUT2D eigenvalue weighted by molar-refractivity contribution is 9.11. The first-order valence-corrected chi connectivity index (χ1v) is 8.96. The van der Waals surface area contributed by atoms with Gasteiger partial charge in [0.05, 0.1) is 22.3 Å². The van der Waals surface area contributed by atoms with Gasteiger partial charge in [-0.05, 0) is 40.2 Å². The summed E-state index contributed by atoms with van der Waals surface area (Å²) in [4.78, 5) is 27.3. The molecule has 2 heterocycles. The number of halogens is 1. The Morgan fingerprint density at radius 3 is 2.83 bits per heavy atom. The molecule has 0 aliphatic heterocycles. The molecule has 124 valence electrons. The van der Waals surface area contributed by atoms with Crippen molar-refractivity contribution >= 4 is 44.1 Å². The number of hydrogen-bond donors (Lipinski definition) is 0. The number of carbonyl (C=O) groups excluding carboxylic acids is 1. The average molecular weight is 407 g/mol. The number of hydrogen-bond acceptors (Lipinski definition) is 5. The number of rotatable bonds is 5. The summed E-state index contributed by atoms with van der Waals surface area (Å²) in [7, 11) is 1.75. The molecule has 0 aliphatic rings. The molecule has 0 unspecified atom stereocenters. The Balaban J connectivity index is 1.65. The highest BCUT2D eigenvalue weighted by Gasteiger charge is 2.12. The molecule has 0 fully saturated rings. The normalized spacial score (nSPS) is 10.9. The van der Waals surface area contributed by atoms with Gasteiger partial charge in [0.25, 0.3) is 5.56 Å². The second-order valence-electron chi connectivity index (χ2n) is 5.34. The zero-order chi connectivity index (χ0) is 17.1. The van der Waals surface area contributed by atoms with Crippen LogP contribution in [-0.2, 0) is 17.9 Å². The summed E-state index contributed by atoms with van der Waals surface area (Å²) in [5, 5.41) is 8.44. The molecule has 3 rings (SSSR count). The summed E-state index contributed by atoms with van der Waals surface area (Å²) >= 11 is 5.01. The van der Waals surface area contributed by atoms with E-state index < -0.39 is 0 Å². The standard InChI is InChI=1S/C16H15BrN4O2S/c1-20(10-11-6-7-14(17)24-11)15(22)8-9-21-16(23)12-4-2-3-5-13(12)18-19-21/h2-7H,8-10H2,1H3. The number of aryl methyl sites for hydroxylation is 1. The Kier molecular flexibility index (Phi) is 5.06. The zero-order valence-electron chi connectivity index (χ0n) is 13.0. The largest absolute Gasteiger partial charge is 0.341 e. The molecule has 3 aromatic rings. The van der Waals surface area contributed by atoms with Crippen LogP contribution in [0.1, 0.15) is 11.3 Å². The molecule has 0 bridgehead atoms. The van der Waals surface area contributed by atoms with Gasteiger partial charge in [0.2, 0.25) is 5.91 Å². The minimum absolute atomic E-state index is 0.0404. The number of benzene rings is 1. The van der Waals surface area contributed by atoms with E-state index in [1.165, 1.54) is 4.68 Å². The third kappa shape index (κ3) is 3.70. The van der Waals surface area contributed by atoms with Gasteiger partial charge in [0.1, 0.15) is 5.52 Å². The summed E-state index contributed by atoms with van der Waals surface area (Å²) in [6.45, 7) is 0.765. The van der Waals surface area contributed by atoms with E-state index >= 15 is 0 Å². The minimum Gasteiger partial charge on any atom is -0.341 e. The van der Waals surface area contributed by atoms with Crippen LogP contribution in [0.2, 0.25) is 0 Å². The molecule has 0 atom stereocenters. The van der Waals surface area contributed by atoms with Crippen molar-refractivity contribution in [2.45, 2.75) is 19.5 Å². The van der Waals surface area contributed by atoms with Crippen molar-refractivity contribution in [3.05, 3.63) is 55.4 Å². The van der Waals surface area contributed by atoms with Crippen LogP contribution in [0.4, 0.5) is 0 Å². The number of nitrogens with zero attached hydrogens (tertiary/aromatic N) is 4. The SMILES string of the molecule is CN(Cc1ccc(Br)s1)C(=O)CCn1nnc2ccccc2c1=O. The summed E-state index contributed by atoms with van der Waals surface area (Å²) in [5.74, 6) is -0.0404. The first kappa shape index (κ1) is 16.8. The molecule has 2 aromatic heterocycles. The molecule has 24 heavy (non-hydrogen) atoms. The van der Waals surface area contributed by atoms with Crippen molar-refractivity contribution in [2.24, 2.45) is 0 Å². The van der Waals surface area contributed by atoms with E-state index in [0.717, 1.165) is 8.66 Å². The molecule has 8 heteroatoms. The molecule has 0 radical (unpaired) electrons. The van der Waals surface area contributed by atoms with Crippen LogP contribution >= 0.6 is 27.3 Å². The maximum atomic E-state index is 12.3. The number of thiophene rings is 1. The molecular weight excluding hydrogens is 392 g/mol. The van der Waals surface area contributed by atoms with Crippen molar-refractivity contribution in [3.8, 4) is 0 Å². The summed E-state index contributed by atoms with van der Waals surface area (Å²) in [6, 6.07) is 11.0. The lowest BCUT2D eigenvalue weighted by Gasteiger charge is -2.16. The Bertz CT molecular complexity index is 937. The van der Waals surface area contributed by atoms with E-state index in [1.54, 1.807) is 41.5 Å². The summed E-state index contributed by atoms with van der Waals surface area (Å²) in [6.07, 6.45) is 0.204. The first-order valence-electron chi connectivity index (χ1n) is 7.35. The van der Waals surface area contributed by atoms with Gasteiger partial charge in [-0.3, -0.25) is 9.59 Å². The third-order valence-corrected chi connectivity index (χ3v) is 5.22. The monoisotopic (exact) mass is 406 g/mol. The molecule has 0 saturated heterocycles. The van der Waals surface area contributed by atoms with Crippen molar-refractivity contribution in [1.82, 2.24) is 19.9 Å².